The molecule has 0 saturated heterocycles. The molecule has 0 N–H and O–H groups in total. The van der Waals surface area contributed by atoms with E-state index in [0.717, 1.165) is 11.6 Å². The highest BCUT2D eigenvalue weighted by molar-refractivity contribution is 5.82. The first-order valence-electron chi connectivity index (χ1n) is 7.25. The molecule has 7 nitrogen and oxygen atoms in total. The van der Waals surface area contributed by atoms with Gasteiger partial charge < -0.3 is 9.64 Å². The summed E-state index contributed by atoms with van der Waals surface area (Å²) < 4.78 is 18.2. The summed E-state index contributed by atoms with van der Waals surface area (Å²) >= 11 is 0. The average Bonchev–Trinajstić information content (AvgIpc) is 2.61. The molecule has 0 saturated carbocycles. The molecule has 130 valence electrons. The van der Waals surface area contributed by atoms with Crippen molar-refractivity contribution in [2.75, 3.05) is 13.7 Å². The van der Waals surface area contributed by atoms with E-state index >= 15 is 0 Å². The van der Waals surface area contributed by atoms with Crippen LogP contribution in [0.2, 0.25) is 0 Å². The van der Waals surface area contributed by atoms with Crippen LogP contribution in [0.4, 0.5) is 10.1 Å². The monoisotopic (exact) mass is 346 g/mol. The highest BCUT2D eigenvalue weighted by Crippen LogP contribution is 2.22. The number of hydrogen-bond acceptors (Lipinski definition) is 5. The predicted octanol–water partition coefficient (Wildman–Crippen LogP) is 2.58. The summed E-state index contributed by atoms with van der Waals surface area (Å²) in [6.45, 7) is -0.0698. The van der Waals surface area contributed by atoms with Gasteiger partial charge >= 0.3 is 0 Å². The number of ether oxygens (including phenoxy) is 1. The maximum atomic E-state index is 12.9. The number of amides is 1. The lowest BCUT2D eigenvalue weighted by molar-refractivity contribution is -0.384. The number of rotatable bonds is 7. The van der Waals surface area contributed by atoms with Gasteiger partial charge in [0.25, 0.3) is 11.6 Å². The molecule has 0 aliphatic carbocycles. The van der Waals surface area contributed by atoms with E-state index in [1.807, 2.05) is 0 Å². The van der Waals surface area contributed by atoms with Crippen LogP contribution in [-0.2, 0) is 11.3 Å². The first-order valence-corrected chi connectivity index (χ1v) is 7.25. The zero-order chi connectivity index (χ0) is 18.4. The Kier molecular flexibility index (Phi) is 5.78. The highest BCUT2D eigenvalue weighted by Gasteiger charge is 2.14. The van der Waals surface area contributed by atoms with Crippen molar-refractivity contribution in [2.45, 2.75) is 6.54 Å². The molecule has 0 bridgehead atoms. The molecule has 0 aromatic heterocycles. The molecule has 0 aliphatic heterocycles. The third-order valence-corrected chi connectivity index (χ3v) is 3.44. The smallest absolute Gasteiger partial charge is 0.270 e. The molecule has 1 amide bonds. The van der Waals surface area contributed by atoms with Gasteiger partial charge in [-0.3, -0.25) is 19.7 Å². The highest BCUT2D eigenvalue weighted by atomic mass is 19.1. The van der Waals surface area contributed by atoms with E-state index in [4.69, 9.17) is 4.74 Å². The summed E-state index contributed by atoms with van der Waals surface area (Å²) in [6.07, 6.45) is 0.426. The van der Waals surface area contributed by atoms with Gasteiger partial charge in [0.2, 0.25) is 0 Å². The van der Waals surface area contributed by atoms with Crippen LogP contribution in [0.1, 0.15) is 15.9 Å². The topological polar surface area (TPSA) is 89.8 Å². The van der Waals surface area contributed by atoms with Gasteiger partial charge in [-0.25, -0.2) is 4.39 Å². The number of nitrogens with zero attached hydrogens (tertiary/aromatic N) is 2. The van der Waals surface area contributed by atoms with Crippen LogP contribution in [-0.4, -0.2) is 35.7 Å². The van der Waals surface area contributed by atoms with Crippen LogP contribution in [0.25, 0.3) is 0 Å². The third kappa shape index (κ3) is 4.84. The lowest BCUT2D eigenvalue weighted by Crippen LogP contribution is -2.31. The summed E-state index contributed by atoms with van der Waals surface area (Å²) in [5.41, 5.74) is 0.499. The Balaban J connectivity index is 1.98. The molecule has 0 heterocycles. The molecule has 2 rings (SSSR count). The van der Waals surface area contributed by atoms with Crippen molar-refractivity contribution in [3.8, 4) is 5.75 Å². The minimum absolute atomic E-state index is 0.0109. The third-order valence-electron chi connectivity index (χ3n) is 3.44. The van der Waals surface area contributed by atoms with Crippen molar-refractivity contribution < 1.29 is 23.6 Å². The maximum absolute atomic E-state index is 12.9. The Morgan fingerprint density at radius 1 is 1.28 bits per heavy atom. The lowest BCUT2D eigenvalue weighted by Gasteiger charge is -2.18. The van der Waals surface area contributed by atoms with Crippen molar-refractivity contribution in [2.24, 2.45) is 0 Å². The normalized spacial score (nSPS) is 10.2. The van der Waals surface area contributed by atoms with Crippen LogP contribution in [0, 0.1) is 15.9 Å². The Morgan fingerprint density at radius 2 is 1.96 bits per heavy atom. The summed E-state index contributed by atoms with van der Waals surface area (Å²) in [6, 6.07) is 9.29. The average molecular weight is 346 g/mol. The van der Waals surface area contributed by atoms with E-state index in [-0.39, 0.29) is 41.9 Å². The summed E-state index contributed by atoms with van der Waals surface area (Å²) in [5, 5.41) is 10.7. The number of likely N-dealkylation sites (N-methyl/N-ethyl adjacent to an activating group) is 1. The molecule has 0 atom stereocenters. The Labute approximate surface area is 142 Å². The fraction of sp³-hybridized carbons (Fsp3) is 0.176. The Hall–Kier alpha value is -3.29. The predicted molar refractivity (Wildman–Crippen MR) is 86.9 cm³/mol. The number of carbonyl (C=O) groups excluding carboxylic acids is 2. The van der Waals surface area contributed by atoms with Crippen molar-refractivity contribution in [1.29, 1.82) is 0 Å². The van der Waals surface area contributed by atoms with Crippen molar-refractivity contribution in [3.05, 3.63) is 69.5 Å². The number of non-ortho nitro benzene ring substituents is 1. The summed E-state index contributed by atoms with van der Waals surface area (Å²) in [4.78, 5) is 34.6. The van der Waals surface area contributed by atoms with Crippen LogP contribution in [0.3, 0.4) is 0 Å². The molecule has 25 heavy (non-hydrogen) atoms. The number of halogens is 1. The molecule has 0 fully saturated rings. The number of nitro groups is 1. The minimum Gasteiger partial charge on any atom is -0.483 e. The molecule has 2 aromatic carbocycles. The molecular weight excluding hydrogens is 331 g/mol. The second kappa shape index (κ2) is 8.00. The lowest BCUT2D eigenvalue weighted by atomic mass is 10.2. The van der Waals surface area contributed by atoms with Crippen LogP contribution in [0.15, 0.2) is 42.5 Å². The van der Waals surface area contributed by atoms with Crippen molar-refractivity contribution >= 4 is 17.9 Å². The van der Waals surface area contributed by atoms with Gasteiger partial charge in [0, 0.05) is 25.7 Å². The number of hydrogen-bond donors (Lipinski definition) is 0. The van der Waals surface area contributed by atoms with Crippen LogP contribution < -0.4 is 4.74 Å². The minimum atomic E-state index is -0.627. The van der Waals surface area contributed by atoms with Gasteiger partial charge in [-0.15, -0.1) is 0 Å². The molecular formula is C17H15FN2O5. The van der Waals surface area contributed by atoms with Gasteiger partial charge in [0.05, 0.1) is 10.5 Å². The van der Waals surface area contributed by atoms with Crippen LogP contribution in [0.5, 0.6) is 5.75 Å². The molecule has 8 heteroatoms. The molecule has 0 unspecified atom stereocenters. The quantitative estimate of drug-likeness (QED) is 0.437. The number of benzene rings is 2. The number of nitro benzene ring substituents is 1. The van der Waals surface area contributed by atoms with E-state index in [0.29, 0.717) is 6.29 Å². The fourth-order valence-electron chi connectivity index (χ4n) is 2.07. The number of carbonyl (C=O) groups is 2. The second-order valence-electron chi connectivity index (χ2n) is 5.26. The Bertz CT molecular complexity index is 792. The van der Waals surface area contributed by atoms with Crippen molar-refractivity contribution in [3.63, 3.8) is 0 Å². The van der Waals surface area contributed by atoms with E-state index < -0.39 is 4.92 Å². The first-order chi connectivity index (χ1) is 11.9. The van der Waals surface area contributed by atoms with E-state index in [1.165, 1.54) is 29.2 Å². The molecule has 2 aromatic rings. The summed E-state index contributed by atoms with van der Waals surface area (Å²) in [5.74, 6) is -0.635. The van der Waals surface area contributed by atoms with E-state index in [1.54, 1.807) is 19.2 Å². The largest absolute Gasteiger partial charge is 0.483 e. The van der Waals surface area contributed by atoms with E-state index in [9.17, 15) is 24.1 Å². The maximum Gasteiger partial charge on any atom is 0.270 e. The van der Waals surface area contributed by atoms with E-state index in [2.05, 4.69) is 0 Å². The second-order valence-corrected chi connectivity index (χ2v) is 5.26. The SMILES string of the molecule is CN(Cc1ccc(F)cc1)C(=O)COc1ccc([N+](=O)[O-])cc1C=O. The van der Waals surface area contributed by atoms with Crippen molar-refractivity contribution in [1.82, 2.24) is 4.90 Å². The van der Waals surface area contributed by atoms with Gasteiger partial charge in [-0.1, -0.05) is 12.1 Å². The number of aldehydes is 1. The summed E-state index contributed by atoms with van der Waals surface area (Å²) in [7, 11) is 1.56. The zero-order valence-corrected chi connectivity index (χ0v) is 13.3. The first kappa shape index (κ1) is 18.1. The van der Waals surface area contributed by atoms with Gasteiger partial charge in [0.1, 0.15) is 11.6 Å². The van der Waals surface area contributed by atoms with Gasteiger partial charge in [-0.05, 0) is 23.8 Å². The van der Waals surface area contributed by atoms with Crippen LogP contribution >= 0.6 is 0 Å². The molecule has 0 radical (unpaired) electrons. The standard InChI is InChI=1S/C17H15FN2O5/c1-19(9-12-2-4-14(18)5-3-12)17(22)11-25-16-7-6-15(20(23)24)8-13(16)10-21/h2-8,10H,9,11H2,1H3. The zero-order valence-electron chi connectivity index (χ0n) is 13.3. The molecule has 0 aliphatic rings. The van der Waals surface area contributed by atoms with Gasteiger partial charge in [-0.2, -0.15) is 0 Å². The van der Waals surface area contributed by atoms with Gasteiger partial charge in [0.15, 0.2) is 12.9 Å². The Morgan fingerprint density at radius 3 is 2.56 bits per heavy atom. The fourth-order valence-corrected chi connectivity index (χ4v) is 2.07. The molecule has 0 spiro atoms.